The predicted octanol–water partition coefficient (Wildman–Crippen LogP) is 1.86. The van der Waals surface area contributed by atoms with Gasteiger partial charge in [0.15, 0.2) is 0 Å². The van der Waals surface area contributed by atoms with Crippen LogP contribution >= 0.6 is 0 Å². The fourth-order valence-electron chi connectivity index (χ4n) is 4.42. The second kappa shape index (κ2) is 4.58. The summed E-state index contributed by atoms with van der Waals surface area (Å²) >= 11 is 0. The topological polar surface area (TPSA) is 57.6 Å². The summed E-state index contributed by atoms with van der Waals surface area (Å²) in [6.45, 7) is 1.83. The molecule has 3 fully saturated rings. The minimum absolute atomic E-state index is 0.0182. The number of carbonyl (C=O) groups excluding carboxylic acids is 2. The Morgan fingerprint density at radius 2 is 1.89 bits per heavy atom. The number of aliphatic hydroxyl groups excluding tert-OH is 1. The van der Waals surface area contributed by atoms with Crippen LogP contribution in [0.1, 0.15) is 58.3 Å². The molecule has 1 saturated heterocycles. The zero-order valence-corrected chi connectivity index (χ0v) is 11.6. The van der Waals surface area contributed by atoms with E-state index in [1.165, 1.54) is 17.7 Å². The number of rotatable bonds is 1. The number of hydrogen-bond donors (Lipinski definition) is 1. The van der Waals surface area contributed by atoms with Gasteiger partial charge in [0.25, 0.3) is 0 Å². The summed E-state index contributed by atoms with van der Waals surface area (Å²) in [4.78, 5) is 26.0. The summed E-state index contributed by atoms with van der Waals surface area (Å²) in [7, 11) is 0. The van der Waals surface area contributed by atoms with Crippen molar-refractivity contribution < 1.29 is 14.7 Å². The lowest BCUT2D eigenvalue weighted by Crippen LogP contribution is -2.53. The van der Waals surface area contributed by atoms with Gasteiger partial charge >= 0.3 is 0 Å². The average molecular weight is 265 g/mol. The molecule has 1 N–H and O–H groups in total. The second-order valence-corrected chi connectivity index (χ2v) is 6.72. The summed E-state index contributed by atoms with van der Waals surface area (Å²) in [5.74, 6) is -0.219. The normalized spacial score (nSPS) is 38.4. The highest BCUT2D eigenvalue weighted by molar-refractivity contribution is 6.03. The Hall–Kier alpha value is -0.900. The molecule has 0 radical (unpaired) electrons. The molecule has 3 unspecified atom stereocenters. The van der Waals surface area contributed by atoms with Gasteiger partial charge in [0.1, 0.15) is 0 Å². The molecular formula is C15H23NO3. The first-order valence-corrected chi connectivity index (χ1v) is 7.57. The van der Waals surface area contributed by atoms with Gasteiger partial charge in [-0.15, -0.1) is 0 Å². The Kier molecular flexibility index (Phi) is 3.16. The van der Waals surface area contributed by atoms with E-state index in [0.29, 0.717) is 12.8 Å². The van der Waals surface area contributed by atoms with Crippen LogP contribution in [0.15, 0.2) is 0 Å². The molecule has 4 nitrogen and oxygen atoms in total. The van der Waals surface area contributed by atoms with E-state index in [2.05, 4.69) is 0 Å². The monoisotopic (exact) mass is 265 g/mol. The van der Waals surface area contributed by atoms with Gasteiger partial charge < -0.3 is 5.11 Å². The van der Waals surface area contributed by atoms with Crippen molar-refractivity contribution in [2.45, 2.75) is 70.4 Å². The number of carbonyl (C=O) groups is 2. The van der Waals surface area contributed by atoms with Crippen molar-refractivity contribution in [2.75, 3.05) is 0 Å². The number of hydrogen-bond acceptors (Lipinski definition) is 3. The maximum Gasteiger partial charge on any atom is 0.232 e. The number of amides is 2. The summed E-state index contributed by atoms with van der Waals surface area (Å²) in [6, 6.07) is -0.0521. The molecule has 19 heavy (non-hydrogen) atoms. The van der Waals surface area contributed by atoms with Gasteiger partial charge in [-0.05, 0) is 37.5 Å². The lowest BCUT2D eigenvalue weighted by molar-refractivity contribution is -0.148. The molecule has 3 aliphatic rings. The van der Waals surface area contributed by atoms with Gasteiger partial charge in [0, 0.05) is 18.4 Å². The standard InChI is InChI=1S/C15H23NO3/c1-10-8-13(18)16(14(10)19)12-9-11(17)4-7-15(12)5-2-3-6-15/h10-12,17H,2-9H2,1H3. The van der Waals surface area contributed by atoms with Gasteiger partial charge in [0.05, 0.1) is 6.10 Å². The van der Waals surface area contributed by atoms with Crippen molar-refractivity contribution in [1.82, 2.24) is 4.90 Å². The Morgan fingerprint density at radius 1 is 1.21 bits per heavy atom. The number of nitrogens with zero attached hydrogens (tertiary/aromatic N) is 1. The largest absolute Gasteiger partial charge is 0.393 e. The van der Waals surface area contributed by atoms with Crippen LogP contribution < -0.4 is 0 Å². The van der Waals surface area contributed by atoms with Crippen LogP contribution in [-0.2, 0) is 9.59 Å². The Morgan fingerprint density at radius 3 is 2.47 bits per heavy atom. The summed E-state index contributed by atoms with van der Waals surface area (Å²) in [6.07, 6.45) is 6.97. The molecule has 2 amide bonds. The lowest BCUT2D eigenvalue weighted by Gasteiger charge is -2.46. The Labute approximate surface area is 114 Å². The van der Waals surface area contributed by atoms with Gasteiger partial charge in [-0.1, -0.05) is 19.8 Å². The molecule has 0 aromatic carbocycles. The molecule has 3 atom stereocenters. The minimum Gasteiger partial charge on any atom is -0.393 e. The quantitative estimate of drug-likeness (QED) is 0.736. The third-order valence-electron chi connectivity index (χ3n) is 5.50. The maximum atomic E-state index is 12.3. The van der Waals surface area contributed by atoms with E-state index in [1.54, 1.807) is 0 Å². The third kappa shape index (κ3) is 2.00. The Balaban J connectivity index is 1.91. The third-order valence-corrected chi connectivity index (χ3v) is 5.50. The van der Waals surface area contributed by atoms with Gasteiger partial charge in [-0.3, -0.25) is 14.5 Å². The first kappa shape index (κ1) is 13.1. The molecular weight excluding hydrogens is 242 g/mol. The molecule has 1 spiro atoms. The van der Waals surface area contributed by atoms with E-state index in [9.17, 15) is 14.7 Å². The smallest absolute Gasteiger partial charge is 0.232 e. The van der Waals surface area contributed by atoms with Crippen molar-refractivity contribution >= 4 is 11.8 Å². The molecule has 1 aliphatic heterocycles. The van der Waals surface area contributed by atoms with Crippen LogP contribution in [0.25, 0.3) is 0 Å². The van der Waals surface area contributed by atoms with Crippen molar-refractivity contribution in [2.24, 2.45) is 11.3 Å². The highest BCUT2D eigenvalue weighted by Gasteiger charge is 2.52. The number of imide groups is 1. The minimum atomic E-state index is -0.354. The highest BCUT2D eigenvalue weighted by Crippen LogP contribution is 2.51. The lowest BCUT2D eigenvalue weighted by atomic mass is 9.67. The molecule has 4 heteroatoms. The Bertz CT molecular complexity index is 400. The van der Waals surface area contributed by atoms with E-state index in [1.807, 2.05) is 6.92 Å². The summed E-state index contributed by atoms with van der Waals surface area (Å²) in [5.41, 5.74) is 0.106. The molecule has 0 aromatic heterocycles. The molecule has 2 aliphatic carbocycles. The average Bonchev–Trinajstić information content (AvgIpc) is 2.92. The predicted molar refractivity (Wildman–Crippen MR) is 70.2 cm³/mol. The van der Waals surface area contributed by atoms with Crippen LogP contribution in [0.4, 0.5) is 0 Å². The highest BCUT2D eigenvalue weighted by atomic mass is 16.3. The van der Waals surface area contributed by atoms with Crippen molar-refractivity contribution in [3.8, 4) is 0 Å². The van der Waals surface area contributed by atoms with E-state index in [0.717, 1.165) is 25.7 Å². The van der Waals surface area contributed by atoms with E-state index < -0.39 is 0 Å². The zero-order valence-electron chi connectivity index (χ0n) is 11.6. The van der Waals surface area contributed by atoms with Crippen LogP contribution in [0.2, 0.25) is 0 Å². The van der Waals surface area contributed by atoms with E-state index in [4.69, 9.17) is 0 Å². The molecule has 0 aromatic rings. The van der Waals surface area contributed by atoms with Crippen LogP contribution in [0, 0.1) is 11.3 Å². The number of aliphatic hydroxyl groups is 1. The summed E-state index contributed by atoms with van der Waals surface area (Å²) in [5, 5.41) is 9.97. The molecule has 3 rings (SSSR count). The fourth-order valence-corrected chi connectivity index (χ4v) is 4.42. The van der Waals surface area contributed by atoms with E-state index in [-0.39, 0.29) is 35.3 Å². The maximum absolute atomic E-state index is 12.3. The van der Waals surface area contributed by atoms with Gasteiger partial charge in [-0.2, -0.15) is 0 Å². The van der Waals surface area contributed by atoms with Crippen molar-refractivity contribution in [1.29, 1.82) is 0 Å². The first-order chi connectivity index (χ1) is 9.03. The first-order valence-electron chi connectivity index (χ1n) is 7.57. The molecule has 1 heterocycles. The second-order valence-electron chi connectivity index (χ2n) is 6.72. The summed E-state index contributed by atoms with van der Waals surface area (Å²) < 4.78 is 0. The van der Waals surface area contributed by atoms with Gasteiger partial charge in [0.2, 0.25) is 11.8 Å². The molecule has 2 saturated carbocycles. The van der Waals surface area contributed by atoms with Crippen molar-refractivity contribution in [3.63, 3.8) is 0 Å². The number of likely N-dealkylation sites (tertiary alicyclic amines) is 1. The fraction of sp³-hybridized carbons (Fsp3) is 0.867. The van der Waals surface area contributed by atoms with Crippen molar-refractivity contribution in [3.05, 3.63) is 0 Å². The zero-order chi connectivity index (χ0) is 13.6. The van der Waals surface area contributed by atoms with Gasteiger partial charge in [-0.25, -0.2) is 0 Å². The van der Waals surface area contributed by atoms with Crippen LogP contribution in [0.3, 0.4) is 0 Å². The van der Waals surface area contributed by atoms with Crippen LogP contribution in [-0.4, -0.2) is 34.0 Å². The molecule has 106 valence electrons. The SMILES string of the molecule is CC1CC(=O)N(C2CC(O)CCC23CCCC3)C1=O. The van der Waals surface area contributed by atoms with E-state index >= 15 is 0 Å². The van der Waals surface area contributed by atoms with Crippen LogP contribution in [0.5, 0.6) is 0 Å². The molecule has 0 bridgehead atoms.